The van der Waals surface area contributed by atoms with E-state index in [2.05, 4.69) is 22.7 Å². The zero-order chi connectivity index (χ0) is 8.55. The van der Waals surface area contributed by atoms with Gasteiger partial charge in [-0.2, -0.15) is 17.7 Å². The van der Waals surface area contributed by atoms with E-state index in [1.165, 1.54) is 0 Å². The normalized spacial score (nSPS) is 10.8. The maximum atomic E-state index is 5.57. The Morgan fingerprint density at radius 2 is 2.42 bits per heavy atom. The summed E-state index contributed by atoms with van der Waals surface area (Å²) in [5.74, 6) is 1.26. The van der Waals surface area contributed by atoms with Gasteiger partial charge in [0.05, 0.1) is 5.75 Å². The molecule has 0 aliphatic heterocycles. The van der Waals surface area contributed by atoms with Crippen LogP contribution in [0.15, 0.2) is 18.3 Å². The molecule has 0 aliphatic rings. The molecule has 0 spiro atoms. The van der Waals surface area contributed by atoms with Crippen molar-refractivity contribution in [1.29, 1.82) is 0 Å². The predicted molar refractivity (Wildman–Crippen MR) is 50.1 cm³/mol. The Hall–Kier alpha value is -1.23. The van der Waals surface area contributed by atoms with E-state index in [4.69, 9.17) is 5.73 Å². The molecule has 12 heavy (non-hydrogen) atoms. The summed E-state index contributed by atoms with van der Waals surface area (Å²) < 4.78 is 1.68. The summed E-state index contributed by atoms with van der Waals surface area (Å²) in [6.45, 7) is 0. The van der Waals surface area contributed by atoms with E-state index in [9.17, 15) is 0 Å². The van der Waals surface area contributed by atoms with Crippen LogP contribution in [0.3, 0.4) is 0 Å². The van der Waals surface area contributed by atoms with Gasteiger partial charge >= 0.3 is 0 Å². The lowest BCUT2D eigenvalue weighted by Gasteiger charge is -1.91. The average Bonchev–Trinajstić information content (AvgIpc) is 2.46. The van der Waals surface area contributed by atoms with Gasteiger partial charge in [-0.05, 0) is 6.07 Å². The number of hydrogen-bond donors (Lipinski definition) is 2. The quantitative estimate of drug-likeness (QED) is 0.636. The summed E-state index contributed by atoms with van der Waals surface area (Å²) in [5, 5.41) is 4.15. The first-order valence-electron chi connectivity index (χ1n) is 3.51. The van der Waals surface area contributed by atoms with Crippen LogP contribution in [0.5, 0.6) is 0 Å². The van der Waals surface area contributed by atoms with Crippen molar-refractivity contribution >= 4 is 24.0 Å². The number of pyridine rings is 1. The molecule has 2 aromatic rings. The van der Waals surface area contributed by atoms with E-state index >= 15 is 0 Å². The summed E-state index contributed by atoms with van der Waals surface area (Å²) in [4.78, 5) is 4.19. The second-order valence-electron chi connectivity index (χ2n) is 2.45. The van der Waals surface area contributed by atoms with Crippen LogP contribution in [0, 0.1) is 0 Å². The lowest BCUT2D eigenvalue weighted by molar-refractivity contribution is 0.926. The maximum Gasteiger partial charge on any atom is 0.161 e. The molecule has 4 nitrogen and oxygen atoms in total. The van der Waals surface area contributed by atoms with Crippen molar-refractivity contribution in [3.8, 4) is 0 Å². The molecule has 0 fully saturated rings. The molecule has 0 atom stereocenters. The fourth-order valence-electron chi connectivity index (χ4n) is 1.01. The second-order valence-corrected chi connectivity index (χ2v) is 2.77. The zero-order valence-corrected chi connectivity index (χ0v) is 7.20. The van der Waals surface area contributed by atoms with Crippen molar-refractivity contribution in [3.63, 3.8) is 0 Å². The van der Waals surface area contributed by atoms with Crippen LogP contribution < -0.4 is 5.73 Å². The number of hydrogen-bond acceptors (Lipinski definition) is 4. The minimum absolute atomic E-state index is 0.543. The fourth-order valence-corrected chi connectivity index (χ4v) is 1.14. The number of nitrogens with zero attached hydrogens (tertiary/aromatic N) is 3. The third kappa shape index (κ3) is 1.12. The smallest absolute Gasteiger partial charge is 0.161 e. The summed E-state index contributed by atoms with van der Waals surface area (Å²) in [5.41, 5.74) is 7.03. The van der Waals surface area contributed by atoms with Crippen LogP contribution in [0.4, 0.5) is 5.69 Å². The minimum Gasteiger partial charge on any atom is -0.399 e. The number of rotatable bonds is 1. The Kier molecular flexibility index (Phi) is 1.65. The van der Waals surface area contributed by atoms with Crippen LogP contribution >= 0.6 is 12.6 Å². The Labute approximate surface area is 74.8 Å². The topological polar surface area (TPSA) is 56.2 Å². The van der Waals surface area contributed by atoms with Crippen LogP contribution in [0.1, 0.15) is 5.82 Å². The highest BCUT2D eigenvalue weighted by Crippen LogP contribution is 2.07. The summed E-state index contributed by atoms with van der Waals surface area (Å²) in [6, 6.07) is 3.56. The molecule has 5 heteroatoms. The molecular formula is C7H8N4S. The molecular weight excluding hydrogens is 172 g/mol. The summed E-state index contributed by atoms with van der Waals surface area (Å²) in [7, 11) is 0. The Morgan fingerprint density at radius 3 is 3.17 bits per heavy atom. The third-order valence-electron chi connectivity index (χ3n) is 1.55. The highest BCUT2D eigenvalue weighted by atomic mass is 32.1. The number of thiol groups is 1. The van der Waals surface area contributed by atoms with E-state index in [1.807, 2.05) is 0 Å². The highest BCUT2D eigenvalue weighted by Gasteiger charge is 2.00. The van der Waals surface area contributed by atoms with Gasteiger partial charge < -0.3 is 5.73 Å². The van der Waals surface area contributed by atoms with Gasteiger partial charge in [0.1, 0.15) is 0 Å². The molecule has 0 saturated heterocycles. The highest BCUT2D eigenvalue weighted by molar-refractivity contribution is 7.79. The predicted octanol–water partition coefficient (Wildman–Crippen LogP) is 0.741. The molecule has 0 amide bonds. The molecule has 2 heterocycles. The van der Waals surface area contributed by atoms with Gasteiger partial charge in [0.25, 0.3) is 0 Å². The van der Waals surface area contributed by atoms with Gasteiger partial charge in [-0.1, -0.05) is 0 Å². The number of nitrogens with two attached hydrogens (primary N) is 1. The van der Waals surface area contributed by atoms with Crippen molar-refractivity contribution < 1.29 is 0 Å². The molecule has 0 saturated carbocycles. The van der Waals surface area contributed by atoms with Crippen molar-refractivity contribution in [2.24, 2.45) is 0 Å². The maximum absolute atomic E-state index is 5.57. The summed E-state index contributed by atoms with van der Waals surface area (Å²) >= 11 is 4.08. The fraction of sp³-hybridized carbons (Fsp3) is 0.143. The largest absolute Gasteiger partial charge is 0.399 e. The van der Waals surface area contributed by atoms with Crippen LogP contribution in [0.2, 0.25) is 0 Å². The first-order chi connectivity index (χ1) is 5.79. The Morgan fingerprint density at radius 1 is 1.58 bits per heavy atom. The van der Waals surface area contributed by atoms with Crippen molar-refractivity contribution in [3.05, 3.63) is 24.2 Å². The number of nitrogen functional groups attached to an aromatic ring is 1. The van der Waals surface area contributed by atoms with E-state index in [0.29, 0.717) is 17.3 Å². The zero-order valence-electron chi connectivity index (χ0n) is 6.31. The monoisotopic (exact) mass is 180 g/mol. The van der Waals surface area contributed by atoms with Gasteiger partial charge in [0, 0.05) is 18.0 Å². The van der Waals surface area contributed by atoms with E-state index in [1.54, 1.807) is 22.8 Å². The van der Waals surface area contributed by atoms with E-state index < -0.39 is 0 Å². The Bertz CT molecular complexity index is 409. The molecule has 62 valence electrons. The molecule has 2 rings (SSSR count). The van der Waals surface area contributed by atoms with Gasteiger partial charge in [-0.3, -0.25) is 0 Å². The molecule has 0 bridgehead atoms. The van der Waals surface area contributed by atoms with E-state index in [0.717, 1.165) is 5.65 Å². The molecule has 0 aromatic carbocycles. The second kappa shape index (κ2) is 2.67. The van der Waals surface area contributed by atoms with Gasteiger partial charge in [-0.25, -0.2) is 9.50 Å². The number of anilines is 1. The molecule has 2 N–H and O–H groups in total. The van der Waals surface area contributed by atoms with Gasteiger partial charge in [0.15, 0.2) is 11.5 Å². The number of aromatic nitrogens is 3. The minimum atomic E-state index is 0.543. The molecule has 0 unspecified atom stereocenters. The van der Waals surface area contributed by atoms with Gasteiger partial charge in [0.2, 0.25) is 0 Å². The Balaban J connectivity index is 2.67. The first kappa shape index (κ1) is 7.42. The van der Waals surface area contributed by atoms with Crippen LogP contribution in [0.25, 0.3) is 5.65 Å². The average molecular weight is 180 g/mol. The first-order valence-corrected chi connectivity index (χ1v) is 4.14. The van der Waals surface area contributed by atoms with Crippen molar-refractivity contribution in [2.75, 3.05) is 5.73 Å². The van der Waals surface area contributed by atoms with Crippen LogP contribution in [-0.2, 0) is 5.75 Å². The SMILES string of the molecule is Nc1ccn2nc(CS)nc2c1. The van der Waals surface area contributed by atoms with Crippen molar-refractivity contribution in [1.82, 2.24) is 14.6 Å². The third-order valence-corrected chi connectivity index (χ3v) is 1.83. The standard InChI is InChI=1S/C7H8N4S/c8-5-1-2-11-7(3-5)9-6(4-12)10-11/h1-3,12H,4,8H2. The lowest BCUT2D eigenvalue weighted by Crippen LogP contribution is -1.90. The summed E-state index contributed by atoms with van der Waals surface area (Å²) in [6.07, 6.45) is 1.78. The van der Waals surface area contributed by atoms with E-state index in [-0.39, 0.29) is 0 Å². The van der Waals surface area contributed by atoms with Crippen LogP contribution in [-0.4, -0.2) is 14.6 Å². The molecule has 0 radical (unpaired) electrons. The van der Waals surface area contributed by atoms with Crippen molar-refractivity contribution in [2.45, 2.75) is 5.75 Å². The van der Waals surface area contributed by atoms with Gasteiger partial charge in [-0.15, -0.1) is 0 Å². The number of fused-ring (bicyclic) bond motifs is 1. The lowest BCUT2D eigenvalue weighted by atomic mass is 10.4. The molecule has 2 aromatic heterocycles. The molecule has 0 aliphatic carbocycles.